The molecule has 0 amide bonds. The van der Waals surface area contributed by atoms with E-state index in [2.05, 4.69) is 32.4 Å². The topological polar surface area (TPSA) is 66.1 Å². The van der Waals surface area contributed by atoms with Crippen LogP contribution in [0.4, 0.5) is 11.5 Å². The second kappa shape index (κ2) is 7.55. The van der Waals surface area contributed by atoms with Crippen LogP contribution in [0.1, 0.15) is 11.1 Å². The van der Waals surface area contributed by atoms with Gasteiger partial charge < -0.3 is 19.5 Å². The maximum atomic E-state index is 9.04. The fourth-order valence-electron chi connectivity index (χ4n) is 3.45. The van der Waals surface area contributed by atoms with Crippen molar-refractivity contribution in [1.29, 1.82) is 5.26 Å². The molecular weight excluding hydrogens is 374 g/mol. The summed E-state index contributed by atoms with van der Waals surface area (Å²) in [6.45, 7) is 7.39. The summed E-state index contributed by atoms with van der Waals surface area (Å²) in [6.07, 6.45) is 3.87. The fraction of sp³-hybridized carbons (Fsp3) is 0.238. The Morgan fingerprint density at radius 1 is 1.32 bits per heavy atom. The normalized spacial score (nSPS) is 14.1. The molecule has 3 aromatic rings. The molecule has 7 heteroatoms. The van der Waals surface area contributed by atoms with E-state index in [1.165, 1.54) is 0 Å². The number of ether oxygens (including phenoxy) is 1. The summed E-state index contributed by atoms with van der Waals surface area (Å²) < 4.78 is 7.53. The first-order chi connectivity index (χ1) is 13.6. The molecule has 4 rings (SSSR count). The van der Waals surface area contributed by atoms with Crippen molar-refractivity contribution in [2.45, 2.75) is 0 Å². The van der Waals surface area contributed by atoms with Gasteiger partial charge in [0.05, 0.1) is 29.3 Å². The Balaban J connectivity index is 1.71. The quantitative estimate of drug-likeness (QED) is 0.721. The molecule has 6 nitrogen and oxygen atoms in total. The van der Waals surface area contributed by atoms with Gasteiger partial charge in [0.2, 0.25) is 0 Å². The minimum atomic E-state index is 0.411. The minimum Gasteiger partial charge on any atom is -0.378 e. The largest absolute Gasteiger partial charge is 0.378 e. The Morgan fingerprint density at radius 2 is 2.11 bits per heavy atom. The highest BCUT2D eigenvalue weighted by molar-refractivity contribution is 6.32. The van der Waals surface area contributed by atoms with Gasteiger partial charge in [-0.15, -0.1) is 0 Å². The van der Waals surface area contributed by atoms with Crippen LogP contribution in [0.3, 0.4) is 0 Å². The molecule has 0 bridgehead atoms. The molecule has 1 aliphatic rings. The number of halogens is 1. The first-order valence-corrected chi connectivity index (χ1v) is 9.39. The van der Waals surface area contributed by atoms with E-state index in [0.717, 1.165) is 46.8 Å². The predicted molar refractivity (Wildman–Crippen MR) is 112 cm³/mol. The van der Waals surface area contributed by atoms with Crippen molar-refractivity contribution >= 4 is 39.7 Å². The highest BCUT2D eigenvalue weighted by Gasteiger charge is 2.19. The summed E-state index contributed by atoms with van der Waals surface area (Å²) in [5.74, 6) is 0.731. The molecule has 2 aromatic heterocycles. The molecule has 28 heavy (non-hydrogen) atoms. The third-order valence-electron chi connectivity index (χ3n) is 4.96. The van der Waals surface area contributed by atoms with Gasteiger partial charge in [0.15, 0.2) is 0 Å². The molecule has 0 saturated carbocycles. The lowest BCUT2D eigenvalue weighted by Crippen LogP contribution is -2.34. The molecule has 0 spiro atoms. The first-order valence-electron chi connectivity index (χ1n) is 9.01. The lowest BCUT2D eigenvalue weighted by Gasteiger charge is -2.31. The molecule has 1 N–H and O–H groups in total. The molecule has 0 radical (unpaired) electrons. The van der Waals surface area contributed by atoms with Crippen molar-refractivity contribution in [1.82, 2.24) is 14.5 Å². The van der Waals surface area contributed by atoms with Crippen LogP contribution in [0.5, 0.6) is 0 Å². The van der Waals surface area contributed by atoms with Gasteiger partial charge >= 0.3 is 0 Å². The molecule has 1 aromatic carbocycles. The number of fused-ring (bicyclic) bond motifs is 1. The fourth-order valence-corrected chi connectivity index (χ4v) is 3.67. The Kier molecular flexibility index (Phi) is 4.95. The Hall–Kier alpha value is -3.01. The van der Waals surface area contributed by atoms with E-state index in [4.69, 9.17) is 21.6 Å². The lowest BCUT2D eigenvalue weighted by molar-refractivity contribution is 0.0641. The second-order valence-corrected chi connectivity index (χ2v) is 7.09. The van der Waals surface area contributed by atoms with Crippen LogP contribution in [0.15, 0.2) is 43.2 Å². The number of hydrogen-bond acceptors (Lipinski definition) is 5. The van der Waals surface area contributed by atoms with E-state index in [-0.39, 0.29) is 0 Å². The number of hydrogen-bond donors (Lipinski definition) is 1. The van der Waals surface area contributed by atoms with Crippen LogP contribution in [0.2, 0.25) is 5.02 Å². The summed E-state index contributed by atoms with van der Waals surface area (Å²) in [5.41, 5.74) is 4.25. The molecule has 0 atom stereocenters. The monoisotopic (exact) mass is 393 g/mol. The third kappa shape index (κ3) is 3.31. The van der Waals surface area contributed by atoms with Gasteiger partial charge in [-0.25, -0.2) is 4.98 Å². The minimum absolute atomic E-state index is 0.411. The number of aryl methyl sites for hydroxylation is 1. The number of anilines is 2. The van der Waals surface area contributed by atoms with Crippen LogP contribution < -0.4 is 5.32 Å². The maximum absolute atomic E-state index is 9.04. The molecule has 3 heterocycles. The summed E-state index contributed by atoms with van der Waals surface area (Å²) in [6, 6.07) is 9.35. The Bertz CT molecular complexity index is 1090. The van der Waals surface area contributed by atoms with E-state index in [0.29, 0.717) is 23.8 Å². The highest BCUT2D eigenvalue weighted by Crippen LogP contribution is 2.32. The van der Waals surface area contributed by atoms with E-state index in [9.17, 15) is 0 Å². The number of morpholine rings is 1. The Labute approximate surface area is 168 Å². The number of nitrogens with one attached hydrogen (secondary N) is 1. The van der Waals surface area contributed by atoms with Gasteiger partial charge in [0.25, 0.3) is 0 Å². The Morgan fingerprint density at radius 3 is 2.82 bits per heavy atom. The van der Waals surface area contributed by atoms with Gasteiger partial charge in [-0.3, -0.25) is 0 Å². The average molecular weight is 394 g/mol. The highest BCUT2D eigenvalue weighted by atomic mass is 35.5. The van der Waals surface area contributed by atoms with E-state index < -0.39 is 0 Å². The second-order valence-electron chi connectivity index (χ2n) is 6.69. The molecule has 142 valence electrons. The summed E-state index contributed by atoms with van der Waals surface area (Å²) in [5, 5.41) is 13.8. The van der Waals surface area contributed by atoms with E-state index in [1.807, 2.05) is 31.6 Å². The van der Waals surface area contributed by atoms with Crippen LogP contribution in [-0.2, 0) is 11.8 Å². The van der Waals surface area contributed by atoms with Crippen LogP contribution in [0, 0.1) is 11.3 Å². The number of nitrogens with zero attached hydrogens (tertiary/aromatic N) is 4. The molecule has 0 unspecified atom stereocenters. The van der Waals surface area contributed by atoms with Gasteiger partial charge in [0, 0.05) is 54.9 Å². The third-order valence-corrected chi connectivity index (χ3v) is 5.27. The van der Waals surface area contributed by atoms with Gasteiger partial charge in [0.1, 0.15) is 11.9 Å². The molecule has 1 aliphatic heterocycles. The zero-order chi connectivity index (χ0) is 19.7. The van der Waals surface area contributed by atoms with E-state index in [1.54, 1.807) is 12.1 Å². The van der Waals surface area contributed by atoms with Crippen LogP contribution in [0.25, 0.3) is 16.6 Å². The molecule has 0 aliphatic carbocycles. The SMILES string of the molecule is C=C(c1cnc(Nc2ccc(C#N)c(Cl)c2)c2ccn(C)c12)N1CCOCC1. The van der Waals surface area contributed by atoms with Gasteiger partial charge in [-0.05, 0) is 24.3 Å². The molecule has 1 fully saturated rings. The van der Waals surface area contributed by atoms with Crippen molar-refractivity contribution in [2.75, 3.05) is 31.6 Å². The van der Waals surface area contributed by atoms with Crippen molar-refractivity contribution < 1.29 is 4.74 Å². The smallest absolute Gasteiger partial charge is 0.139 e. The molecular formula is C21H20ClN5O. The maximum Gasteiger partial charge on any atom is 0.139 e. The van der Waals surface area contributed by atoms with Crippen molar-refractivity contribution in [2.24, 2.45) is 7.05 Å². The number of nitriles is 1. The molecule has 1 saturated heterocycles. The summed E-state index contributed by atoms with van der Waals surface area (Å²) >= 11 is 6.16. The lowest BCUT2D eigenvalue weighted by atomic mass is 10.1. The standard InChI is InChI=1S/C21H20ClN5O/c1-14(27-7-9-28-10-8-27)18-13-24-21(17-5-6-26(2)20(17)18)25-16-4-3-15(12-23)19(22)11-16/h3-6,11,13H,1,7-10H2,2H3,(H,24,25). The summed E-state index contributed by atoms with van der Waals surface area (Å²) in [7, 11) is 2.01. The van der Waals surface area contributed by atoms with E-state index >= 15 is 0 Å². The van der Waals surface area contributed by atoms with Crippen molar-refractivity contribution in [3.05, 3.63) is 59.4 Å². The average Bonchev–Trinajstić information content (AvgIpc) is 3.11. The van der Waals surface area contributed by atoms with Crippen molar-refractivity contribution in [3.63, 3.8) is 0 Å². The van der Waals surface area contributed by atoms with Crippen LogP contribution >= 0.6 is 11.6 Å². The van der Waals surface area contributed by atoms with Crippen molar-refractivity contribution in [3.8, 4) is 6.07 Å². The summed E-state index contributed by atoms with van der Waals surface area (Å²) in [4.78, 5) is 6.89. The number of rotatable bonds is 4. The first kappa shape index (κ1) is 18.4. The predicted octanol–water partition coefficient (Wildman–Crippen LogP) is 4.14. The van der Waals surface area contributed by atoms with Crippen LogP contribution in [-0.4, -0.2) is 40.8 Å². The number of pyridine rings is 1. The zero-order valence-electron chi connectivity index (χ0n) is 15.6. The number of aromatic nitrogens is 2. The number of benzene rings is 1. The van der Waals surface area contributed by atoms with Gasteiger partial charge in [-0.1, -0.05) is 18.2 Å². The van der Waals surface area contributed by atoms with Gasteiger partial charge in [-0.2, -0.15) is 5.26 Å². The zero-order valence-corrected chi connectivity index (χ0v) is 16.3.